The first kappa shape index (κ1) is 23.1. The Morgan fingerprint density at radius 2 is 1.24 bits per heavy atom. The second-order valence-electron chi connectivity index (χ2n) is 7.90. The molecule has 0 N–H and O–H groups in total. The number of nitrogens with zero attached hydrogens (tertiary/aromatic N) is 3. The van der Waals surface area contributed by atoms with Crippen molar-refractivity contribution in [1.29, 1.82) is 0 Å². The first-order valence-electron chi connectivity index (χ1n) is 11.8. The summed E-state index contributed by atoms with van der Waals surface area (Å²) >= 11 is 0. The highest BCUT2D eigenvalue weighted by molar-refractivity contribution is 5.86. The van der Waals surface area contributed by atoms with Crippen LogP contribution in [0, 0.1) is 0 Å². The third-order valence-electron chi connectivity index (χ3n) is 5.68. The lowest BCUT2D eigenvalue weighted by Gasteiger charge is -2.23. The van der Waals surface area contributed by atoms with E-state index in [-0.39, 0.29) is 0 Å². The summed E-state index contributed by atoms with van der Waals surface area (Å²) in [5.41, 5.74) is 5.21. The lowest BCUT2D eigenvalue weighted by Crippen LogP contribution is -2.21. The van der Waals surface area contributed by atoms with Crippen LogP contribution in [0.5, 0.6) is 5.75 Å². The first-order chi connectivity index (χ1) is 16.8. The van der Waals surface area contributed by atoms with Crippen LogP contribution in [0.4, 0.5) is 17.1 Å². The zero-order chi connectivity index (χ0) is 23.6. The van der Waals surface area contributed by atoms with Gasteiger partial charge in [0.1, 0.15) is 12.4 Å². The fourth-order valence-electron chi connectivity index (χ4n) is 3.82. The van der Waals surface area contributed by atoms with Gasteiger partial charge < -0.3 is 9.64 Å². The van der Waals surface area contributed by atoms with Crippen LogP contribution in [0.25, 0.3) is 0 Å². The molecule has 4 aromatic carbocycles. The molecule has 0 saturated carbocycles. The number of hydrogen-bond donors (Lipinski definition) is 0. The molecule has 0 amide bonds. The van der Waals surface area contributed by atoms with Crippen molar-refractivity contribution in [2.24, 2.45) is 5.10 Å². The Morgan fingerprint density at radius 3 is 1.79 bits per heavy atom. The molecule has 0 heterocycles. The van der Waals surface area contributed by atoms with Crippen molar-refractivity contribution in [3.8, 4) is 5.75 Å². The second kappa shape index (κ2) is 11.7. The predicted octanol–water partition coefficient (Wildman–Crippen LogP) is 7.28. The molecule has 172 valence electrons. The van der Waals surface area contributed by atoms with E-state index in [9.17, 15) is 0 Å². The van der Waals surface area contributed by atoms with Crippen LogP contribution in [0.3, 0.4) is 0 Å². The Morgan fingerprint density at radius 1 is 0.676 bits per heavy atom. The number of anilines is 3. The Hall–Kier alpha value is -4.05. The van der Waals surface area contributed by atoms with Crippen molar-refractivity contribution in [3.63, 3.8) is 0 Å². The van der Waals surface area contributed by atoms with Gasteiger partial charge in [-0.2, -0.15) is 5.10 Å². The maximum absolute atomic E-state index is 6.31. The van der Waals surface area contributed by atoms with Gasteiger partial charge in [0.15, 0.2) is 0 Å². The molecule has 0 radical (unpaired) electrons. The number of rotatable bonds is 10. The van der Waals surface area contributed by atoms with Crippen molar-refractivity contribution in [3.05, 3.63) is 120 Å². The molecule has 34 heavy (non-hydrogen) atoms. The van der Waals surface area contributed by atoms with Gasteiger partial charge in [0.05, 0.1) is 17.6 Å². The van der Waals surface area contributed by atoms with Gasteiger partial charge in [-0.25, -0.2) is 5.01 Å². The van der Waals surface area contributed by atoms with Gasteiger partial charge >= 0.3 is 0 Å². The summed E-state index contributed by atoms with van der Waals surface area (Å²) in [6, 6.07) is 36.9. The number of benzene rings is 4. The van der Waals surface area contributed by atoms with Crippen molar-refractivity contribution in [2.45, 2.75) is 20.5 Å². The minimum absolute atomic E-state index is 0.504. The lowest BCUT2D eigenvalue weighted by atomic mass is 10.1. The Labute approximate surface area is 202 Å². The van der Waals surface area contributed by atoms with E-state index in [4.69, 9.17) is 9.84 Å². The van der Waals surface area contributed by atoms with Gasteiger partial charge in [0, 0.05) is 30.4 Å². The molecule has 0 saturated heterocycles. The summed E-state index contributed by atoms with van der Waals surface area (Å²) in [7, 11) is 0. The topological polar surface area (TPSA) is 28.1 Å². The smallest absolute Gasteiger partial charge is 0.130 e. The van der Waals surface area contributed by atoms with Crippen molar-refractivity contribution in [1.82, 2.24) is 0 Å². The van der Waals surface area contributed by atoms with Crippen LogP contribution in [-0.4, -0.2) is 19.3 Å². The highest BCUT2D eigenvalue weighted by atomic mass is 16.5. The van der Waals surface area contributed by atoms with E-state index >= 15 is 0 Å². The van der Waals surface area contributed by atoms with E-state index in [0.717, 1.165) is 47.0 Å². The SMILES string of the molecule is CCN(CC)c1ccc(C=NN(c2ccccc2)c2ccccc2)c(OCc2ccccc2)c1. The third-order valence-corrected chi connectivity index (χ3v) is 5.68. The molecule has 0 aliphatic heterocycles. The predicted molar refractivity (Wildman–Crippen MR) is 143 cm³/mol. The third kappa shape index (κ3) is 5.84. The molecule has 4 aromatic rings. The molecule has 0 fully saturated rings. The minimum Gasteiger partial charge on any atom is -0.488 e. The first-order valence-corrected chi connectivity index (χ1v) is 11.8. The molecule has 0 aliphatic carbocycles. The number of ether oxygens (including phenoxy) is 1. The van der Waals surface area contributed by atoms with Crippen molar-refractivity contribution in [2.75, 3.05) is 23.0 Å². The standard InChI is InChI=1S/C30H31N3O/c1-3-32(4-2)29-21-20-26(30(22-29)34-24-25-14-8-5-9-15-25)23-31-33(27-16-10-6-11-17-27)28-18-12-7-13-19-28/h5-23H,3-4,24H2,1-2H3. The molecular weight excluding hydrogens is 418 g/mol. The Bertz CT molecular complexity index is 1130. The normalized spacial score (nSPS) is 10.9. The van der Waals surface area contributed by atoms with Gasteiger partial charge in [-0.3, -0.25) is 0 Å². The minimum atomic E-state index is 0.504. The molecule has 4 heteroatoms. The summed E-state index contributed by atoms with van der Waals surface area (Å²) in [6.45, 7) is 6.72. The van der Waals surface area contributed by atoms with Gasteiger partial charge in [0.25, 0.3) is 0 Å². The van der Waals surface area contributed by atoms with Crippen LogP contribution in [0.15, 0.2) is 114 Å². The molecular formula is C30H31N3O. The number of para-hydroxylation sites is 2. The lowest BCUT2D eigenvalue weighted by molar-refractivity contribution is 0.306. The van der Waals surface area contributed by atoms with Crippen LogP contribution < -0.4 is 14.6 Å². The quantitative estimate of drug-likeness (QED) is 0.188. The molecule has 0 atom stereocenters. The molecule has 0 unspecified atom stereocenters. The fourth-order valence-corrected chi connectivity index (χ4v) is 3.82. The van der Waals surface area contributed by atoms with Crippen LogP contribution in [0.1, 0.15) is 25.0 Å². The van der Waals surface area contributed by atoms with E-state index in [1.54, 1.807) is 0 Å². The van der Waals surface area contributed by atoms with E-state index < -0.39 is 0 Å². The van der Waals surface area contributed by atoms with Gasteiger partial charge in [-0.15, -0.1) is 0 Å². The average Bonchev–Trinajstić information content (AvgIpc) is 2.91. The highest BCUT2D eigenvalue weighted by Gasteiger charge is 2.11. The largest absolute Gasteiger partial charge is 0.488 e. The summed E-state index contributed by atoms with van der Waals surface area (Å²) in [4.78, 5) is 2.32. The monoisotopic (exact) mass is 449 g/mol. The Kier molecular flexibility index (Phi) is 7.96. The molecule has 4 rings (SSSR count). The number of hydrazone groups is 1. The highest BCUT2D eigenvalue weighted by Crippen LogP contribution is 2.28. The van der Waals surface area contributed by atoms with E-state index in [2.05, 4.69) is 73.3 Å². The van der Waals surface area contributed by atoms with Crippen LogP contribution in [-0.2, 0) is 6.61 Å². The fraction of sp³-hybridized carbons (Fsp3) is 0.167. The van der Waals surface area contributed by atoms with Crippen LogP contribution >= 0.6 is 0 Å². The van der Waals surface area contributed by atoms with Crippen LogP contribution in [0.2, 0.25) is 0 Å². The molecule has 0 aromatic heterocycles. The Balaban J connectivity index is 1.68. The van der Waals surface area contributed by atoms with Gasteiger partial charge in [0.2, 0.25) is 0 Å². The van der Waals surface area contributed by atoms with E-state index in [1.165, 1.54) is 0 Å². The van der Waals surface area contributed by atoms with Crippen molar-refractivity contribution < 1.29 is 4.74 Å². The summed E-state index contributed by atoms with van der Waals surface area (Å²) in [6.07, 6.45) is 1.88. The second-order valence-corrected chi connectivity index (χ2v) is 7.90. The maximum Gasteiger partial charge on any atom is 0.130 e. The van der Waals surface area contributed by atoms with E-state index in [1.807, 2.05) is 65.8 Å². The average molecular weight is 450 g/mol. The van der Waals surface area contributed by atoms with E-state index in [0.29, 0.717) is 6.61 Å². The summed E-state index contributed by atoms with van der Waals surface area (Å²) in [5.74, 6) is 0.818. The van der Waals surface area contributed by atoms with Crippen molar-refractivity contribution >= 4 is 23.3 Å². The molecule has 0 bridgehead atoms. The number of hydrogen-bond acceptors (Lipinski definition) is 4. The zero-order valence-electron chi connectivity index (χ0n) is 19.8. The summed E-state index contributed by atoms with van der Waals surface area (Å²) < 4.78 is 6.31. The summed E-state index contributed by atoms with van der Waals surface area (Å²) in [5, 5.41) is 6.82. The molecule has 4 nitrogen and oxygen atoms in total. The van der Waals surface area contributed by atoms with Gasteiger partial charge in [-0.05, 0) is 55.8 Å². The molecule has 0 spiro atoms. The zero-order valence-corrected chi connectivity index (χ0v) is 19.8. The maximum atomic E-state index is 6.31. The molecule has 0 aliphatic rings. The van der Waals surface area contributed by atoms with Gasteiger partial charge in [-0.1, -0.05) is 66.7 Å².